The van der Waals surface area contributed by atoms with Crippen LogP contribution in [0.3, 0.4) is 0 Å². The fourth-order valence-electron chi connectivity index (χ4n) is 1.61. The number of aromatic nitrogens is 4. The summed E-state index contributed by atoms with van der Waals surface area (Å²) in [6.45, 7) is 0. The van der Waals surface area contributed by atoms with Gasteiger partial charge in [-0.25, -0.2) is 0 Å². The summed E-state index contributed by atoms with van der Waals surface area (Å²) in [4.78, 5) is 14.3. The Morgan fingerprint density at radius 3 is 2.79 bits per heavy atom. The first-order valence-corrected chi connectivity index (χ1v) is 5.33. The van der Waals surface area contributed by atoms with Gasteiger partial charge in [0.15, 0.2) is 0 Å². The molecule has 19 heavy (non-hydrogen) atoms. The molecule has 8 heteroatoms. The molecule has 0 radical (unpaired) electrons. The smallest absolute Gasteiger partial charge is 0.353 e. The average molecular weight is 257 g/mol. The van der Waals surface area contributed by atoms with Crippen LogP contribution in [0, 0.1) is 10.1 Å². The number of hydrogen-bond acceptors (Lipinski definition) is 6. The second-order valence-electron chi connectivity index (χ2n) is 3.68. The third-order valence-electron chi connectivity index (χ3n) is 2.49. The molecule has 1 aromatic carbocycles. The summed E-state index contributed by atoms with van der Waals surface area (Å²) >= 11 is 0. The number of nitro groups is 1. The Labute approximate surface area is 106 Å². The number of hydrogen-bond donors (Lipinski definition) is 1. The van der Waals surface area contributed by atoms with Crippen LogP contribution in [0.5, 0.6) is 0 Å². The zero-order valence-electron chi connectivity index (χ0n) is 9.48. The van der Waals surface area contributed by atoms with Gasteiger partial charge in [0.05, 0.1) is 6.20 Å². The molecular formula is C11H7N5O3. The van der Waals surface area contributed by atoms with Gasteiger partial charge < -0.3 is 14.6 Å². The highest BCUT2D eigenvalue weighted by Crippen LogP contribution is 2.27. The summed E-state index contributed by atoms with van der Waals surface area (Å²) in [5, 5.41) is 20.4. The summed E-state index contributed by atoms with van der Waals surface area (Å²) in [7, 11) is 0. The van der Waals surface area contributed by atoms with Crippen LogP contribution in [0.1, 0.15) is 0 Å². The summed E-state index contributed by atoms with van der Waals surface area (Å²) in [5.74, 6) is 0.158. The van der Waals surface area contributed by atoms with Crippen molar-refractivity contribution < 1.29 is 9.45 Å². The highest BCUT2D eigenvalue weighted by atomic mass is 16.6. The van der Waals surface area contributed by atoms with E-state index in [-0.39, 0.29) is 17.2 Å². The van der Waals surface area contributed by atoms with Crippen molar-refractivity contribution in [3.8, 4) is 22.8 Å². The lowest BCUT2D eigenvalue weighted by atomic mass is 10.2. The molecule has 3 aromatic rings. The van der Waals surface area contributed by atoms with Crippen LogP contribution in [-0.2, 0) is 0 Å². The van der Waals surface area contributed by atoms with E-state index in [9.17, 15) is 10.1 Å². The summed E-state index contributed by atoms with van der Waals surface area (Å²) < 4.78 is 5.08. The maximum absolute atomic E-state index is 10.8. The standard InChI is InChI=1S/C11H7N5O3/c17-16(18)10-8(6-12-14-10)9-13-11(19-15-9)7-4-2-1-3-5-7/h1-6H,(H,12,14). The molecule has 0 aliphatic rings. The number of nitrogens with one attached hydrogen (secondary N) is 1. The zero-order chi connectivity index (χ0) is 13.2. The second-order valence-corrected chi connectivity index (χ2v) is 3.68. The third kappa shape index (κ3) is 1.95. The molecule has 1 N–H and O–H groups in total. The Balaban J connectivity index is 2.02. The Bertz CT molecular complexity index is 719. The van der Waals surface area contributed by atoms with E-state index in [0.717, 1.165) is 5.56 Å². The van der Waals surface area contributed by atoms with Gasteiger partial charge in [-0.15, -0.1) is 5.10 Å². The van der Waals surface area contributed by atoms with Gasteiger partial charge in [-0.3, -0.25) is 0 Å². The second kappa shape index (κ2) is 4.33. The predicted molar refractivity (Wildman–Crippen MR) is 64.0 cm³/mol. The lowest BCUT2D eigenvalue weighted by Crippen LogP contribution is -1.91. The van der Waals surface area contributed by atoms with E-state index in [2.05, 4.69) is 20.3 Å². The Kier molecular flexibility index (Phi) is 2.53. The Morgan fingerprint density at radius 1 is 1.26 bits per heavy atom. The number of aromatic amines is 1. The summed E-state index contributed by atoms with van der Waals surface area (Å²) in [6.07, 6.45) is 1.29. The van der Waals surface area contributed by atoms with E-state index in [4.69, 9.17) is 4.52 Å². The first-order valence-electron chi connectivity index (χ1n) is 5.33. The van der Waals surface area contributed by atoms with Gasteiger partial charge in [0.1, 0.15) is 5.56 Å². The molecule has 0 aliphatic carbocycles. The van der Waals surface area contributed by atoms with Crippen LogP contribution in [0.25, 0.3) is 22.8 Å². The lowest BCUT2D eigenvalue weighted by molar-refractivity contribution is -0.388. The number of rotatable bonds is 3. The van der Waals surface area contributed by atoms with Crippen molar-refractivity contribution in [2.75, 3.05) is 0 Å². The number of H-pyrrole nitrogens is 1. The molecule has 0 bridgehead atoms. The number of nitrogens with zero attached hydrogens (tertiary/aromatic N) is 4. The first-order chi connectivity index (χ1) is 9.25. The molecule has 2 heterocycles. The minimum absolute atomic E-state index is 0.124. The van der Waals surface area contributed by atoms with Gasteiger partial charge in [0.25, 0.3) is 5.89 Å². The topological polar surface area (TPSA) is 111 Å². The van der Waals surface area contributed by atoms with Crippen LogP contribution in [-0.4, -0.2) is 25.3 Å². The monoisotopic (exact) mass is 257 g/mol. The van der Waals surface area contributed by atoms with E-state index < -0.39 is 4.92 Å². The highest BCUT2D eigenvalue weighted by molar-refractivity contribution is 5.65. The van der Waals surface area contributed by atoms with E-state index in [1.54, 1.807) is 12.1 Å². The van der Waals surface area contributed by atoms with Crippen molar-refractivity contribution in [1.29, 1.82) is 0 Å². The average Bonchev–Trinajstić information content (AvgIpc) is 3.08. The first kappa shape index (κ1) is 11.1. The van der Waals surface area contributed by atoms with E-state index in [0.29, 0.717) is 5.89 Å². The minimum atomic E-state index is -0.582. The minimum Gasteiger partial charge on any atom is -0.358 e. The SMILES string of the molecule is O=[N+]([O-])c1[nH]ncc1-c1noc(-c2ccccc2)n1. The number of benzene rings is 1. The highest BCUT2D eigenvalue weighted by Gasteiger charge is 2.21. The van der Waals surface area contributed by atoms with Crippen LogP contribution >= 0.6 is 0 Å². The van der Waals surface area contributed by atoms with Crippen LogP contribution < -0.4 is 0 Å². The van der Waals surface area contributed by atoms with Crippen LogP contribution in [0.15, 0.2) is 41.1 Å². The molecule has 0 fully saturated rings. The molecule has 3 rings (SSSR count). The van der Waals surface area contributed by atoms with Gasteiger partial charge in [0, 0.05) is 5.56 Å². The largest absolute Gasteiger partial charge is 0.358 e. The third-order valence-corrected chi connectivity index (χ3v) is 2.49. The molecule has 0 saturated heterocycles. The van der Waals surface area contributed by atoms with Gasteiger partial charge in [-0.2, -0.15) is 4.98 Å². The van der Waals surface area contributed by atoms with E-state index in [1.807, 2.05) is 18.2 Å². The predicted octanol–water partition coefficient (Wildman–Crippen LogP) is 2.03. The molecule has 0 aliphatic heterocycles. The zero-order valence-corrected chi connectivity index (χ0v) is 9.48. The molecule has 0 unspecified atom stereocenters. The quantitative estimate of drug-likeness (QED) is 0.567. The fraction of sp³-hybridized carbons (Fsp3) is 0. The van der Waals surface area contributed by atoms with Crippen molar-refractivity contribution in [3.63, 3.8) is 0 Å². The lowest BCUT2D eigenvalue weighted by Gasteiger charge is -1.91. The summed E-state index contributed by atoms with van der Waals surface area (Å²) in [6, 6.07) is 9.14. The van der Waals surface area contributed by atoms with Crippen molar-refractivity contribution in [1.82, 2.24) is 20.3 Å². The molecular weight excluding hydrogens is 250 g/mol. The Morgan fingerprint density at radius 2 is 2.05 bits per heavy atom. The molecule has 94 valence electrons. The molecule has 0 spiro atoms. The van der Waals surface area contributed by atoms with E-state index in [1.165, 1.54) is 6.20 Å². The van der Waals surface area contributed by atoms with Crippen LogP contribution in [0.2, 0.25) is 0 Å². The van der Waals surface area contributed by atoms with Crippen molar-refractivity contribution in [2.45, 2.75) is 0 Å². The van der Waals surface area contributed by atoms with Crippen molar-refractivity contribution >= 4 is 5.82 Å². The fourth-order valence-corrected chi connectivity index (χ4v) is 1.61. The molecule has 2 aromatic heterocycles. The van der Waals surface area contributed by atoms with Crippen molar-refractivity contribution in [2.24, 2.45) is 0 Å². The van der Waals surface area contributed by atoms with Crippen molar-refractivity contribution in [3.05, 3.63) is 46.6 Å². The maximum atomic E-state index is 10.8. The molecule has 0 saturated carbocycles. The van der Waals surface area contributed by atoms with Gasteiger partial charge in [-0.1, -0.05) is 28.5 Å². The molecule has 0 amide bonds. The van der Waals surface area contributed by atoms with Gasteiger partial charge in [0.2, 0.25) is 5.82 Å². The maximum Gasteiger partial charge on any atom is 0.353 e. The van der Waals surface area contributed by atoms with Gasteiger partial charge in [-0.05, 0) is 17.1 Å². The van der Waals surface area contributed by atoms with E-state index >= 15 is 0 Å². The molecule has 0 atom stereocenters. The molecule has 8 nitrogen and oxygen atoms in total. The summed E-state index contributed by atoms with van der Waals surface area (Å²) in [5.41, 5.74) is 0.934. The Hall–Kier alpha value is -3.03. The van der Waals surface area contributed by atoms with Gasteiger partial charge >= 0.3 is 5.82 Å². The van der Waals surface area contributed by atoms with Crippen LogP contribution in [0.4, 0.5) is 5.82 Å². The normalized spacial score (nSPS) is 10.5.